The molecule has 0 aliphatic carbocycles. The molecule has 0 bridgehead atoms. The first-order valence-corrected chi connectivity index (χ1v) is 3.37. The molecule has 0 fully saturated rings. The summed E-state index contributed by atoms with van der Waals surface area (Å²) in [7, 11) is 0. The standard InChI is InChI=1S/C7H11N3.ClH/c8-3-1-2-7-4-9-6-10-5-7;/h4-6H,1-3,8H2;1H. The summed E-state index contributed by atoms with van der Waals surface area (Å²) in [5, 5.41) is 0. The molecule has 0 spiro atoms. The Morgan fingerprint density at radius 2 is 1.91 bits per heavy atom. The van der Waals surface area contributed by atoms with Gasteiger partial charge in [-0.1, -0.05) is 0 Å². The van der Waals surface area contributed by atoms with Gasteiger partial charge < -0.3 is 5.73 Å². The highest BCUT2D eigenvalue weighted by Gasteiger charge is 1.89. The molecular weight excluding hydrogens is 162 g/mol. The number of aryl methyl sites for hydroxylation is 1. The van der Waals surface area contributed by atoms with E-state index in [0.29, 0.717) is 0 Å². The Hall–Kier alpha value is -0.670. The van der Waals surface area contributed by atoms with Crippen molar-refractivity contribution in [1.29, 1.82) is 0 Å². The van der Waals surface area contributed by atoms with E-state index in [2.05, 4.69) is 9.97 Å². The lowest BCUT2D eigenvalue weighted by atomic mass is 10.2. The Bertz CT molecular complexity index is 178. The summed E-state index contributed by atoms with van der Waals surface area (Å²) in [6, 6.07) is 0. The van der Waals surface area contributed by atoms with Gasteiger partial charge in [-0.05, 0) is 24.9 Å². The van der Waals surface area contributed by atoms with E-state index in [0.717, 1.165) is 24.9 Å². The summed E-state index contributed by atoms with van der Waals surface area (Å²) in [4.78, 5) is 7.77. The molecule has 1 heterocycles. The molecular formula is C7H12ClN3. The highest BCUT2D eigenvalue weighted by molar-refractivity contribution is 5.85. The maximum atomic E-state index is 5.34. The third-order valence-corrected chi connectivity index (χ3v) is 1.28. The SMILES string of the molecule is Cl.NCCCc1cncnc1. The summed E-state index contributed by atoms with van der Waals surface area (Å²) in [5.74, 6) is 0. The maximum Gasteiger partial charge on any atom is 0.115 e. The second-order valence-electron chi connectivity index (χ2n) is 2.14. The minimum Gasteiger partial charge on any atom is -0.330 e. The molecule has 1 rings (SSSR count). The van der Waals surface area contributed by atoms with Crippen molar-refractivity contribution in [2.24, 2.45) is 5.73 Å². The molecule has 1 aromatic heterocycles. The molecule has 3 nitrogen and oxygen atoms in total. The second-order valence-corrected chi connectivity index (χ2v) is 2.14. The Balaban J connectivity index is 0.000001000. The Morgan fingerprint density at radius 3 is 2.45 bits per heavy atom. The van der Waals surface area contributed by atoms with Gasteiger partial charge in [0.2, 0.25) is 0 Å². The zero-order valence-electron chi connectivity index (χ0n) is 6.23. The first kappa shape index (κ1) is 10.3. The molecule has 62 valence electrons. The van der Waals surface area contributed by atoms with Gasteiger partial charge in [0, 0.05) is 12.4 Å². The van der Waals surface area contributed by atoms with E-state index in [9.17, 15) is 0 Å². The van der Waals surface area contributed by atoms with Gasteiger partial charge in [0.15, 0.2) is 0 Å². The fourth-order valence-electron chi connectivity index (χ4n) is 0.765. The maximum absolute atomic E-state index is 5.34. The Kier molecular flexibility index (Phi) is 5.70. The summed E-state index contributed by atoms with van der Waals surface area (Å²) < 4.78 is 0. The van der Waals surface area contributed by atoms with Crippen LogP contribution in [0.3, 0.4) is 0 Å². The van der Waals surface area contributed by atoms with Crippen molar-refractivity contribution < 1.29 is 0 Å². The van der Waals surface area contributed by atoms with Crippen LogP contribution in [0.15, 0.2) is 18.7 Å². The summed E-state index contributed by atoms with van der Waals surface area (Å²) in [6.45, 7) is 0.731. The number of nitrogens with two attached hydrogens (primary N) is 1. The summed E-state index contributed by atoms with van der Waals surface area (Å²) in [6.07, 6.45) is 7.17. The van der Waals surface area contributed by atoms with E-state index in [4.69, 9.17) is 5.73 Å². The lowest BCUT2D eigenvalue weighted by molar-refractivity contribution is 0.823. The van der Waals surface area contributed by atoms with Gasteiger partial charge in [-0.25, -0.2) is 9.97 Å². The van der Waals surface area contributed by atoms with E-state index in [-0.39, 0.29) is 12.4 Å². The van der Waals surface area contributed by atoms with Gasteiger partial charge in [-0.3, -0.25) is 0 Å². The third-order valence-electron chi connectivity index (χ3n) is 1.28. The minimum atomic E-state index is 0. The van der Waals surface area contributed by atoms with Crippen molar-refractivity contribution >= 4 is 12.4 Å². The third kappa shape index (κ3) is 3.91. The van der Waals surface area contributed by atoms with Crippen LogP contribution in [0.2, 0.25) is 0 Å². The molecule has 0 radical (unpaired) electrons. The lowest BCUT2D eigenvalue weighted by Crippen LogP contribution is -2.00. The normalized spacial score (nSPS) is 8.82. The van der Waals surface area contributed by atoms with Crippen molar-refractivity contribution in [2.45, 2.75) is 12.8 Å². The monoisotopic (exact) mass is 173 g/mol. The van der Waals surface area contributed by atoms with Crippen molar-refractivity contribution in [3.8, 4) is 0 Å². The van der Waals surface area contributed by atoms with E-state index in [1.807, 2.05) is 12.4 Å². The van der Waals surface area contributed by atoms with E-state index in [1.54, 1.807) is 0 Å². The quantitative estimate of drug-likeness (QED) is 0.736. The van der Waals surface area contributed by atoms with E-state index >= 15 is 0 Å². The van der Waals surface area contributed by atoms with Crippen LogP contribution < -0.4 is 5.73 Å². The molecule has 0 saturated heterocycles. The topological polar surface area (TPSA) is 51.8 Å². The molecule has 0 aromatic carbocycles. The van der Waals surface area contributed by atoms with Crippen molar-refractivity contribution in [3.63, 3.8) is 0 Å². The molecule has 2 N–H and O–H groups in total. The molecule has 0 unspecified atom stereocenters. The molecule has 4 heteroatoms. The average Bonchev–Trinajstić information content (AvgIpc) is 2.03. The fourth-order valence-corrected chi connectivity index (χ4v) is 0.765. The highest BCUT2D eigenvalue weighted by Crippen LogP contribution is 1.95. The molecule has 0 aliphatic heterocycles. The number of halogens is 1. The van der Waals surface area contributed by atoms with Gasteiger partial charge >= 0.3 is 0 Å². The number of aromatic nitrogens is 2. The Morgan fingerprint density at radius 1 is 1.27 bits per heavy atom. The molecule has 1 aromatic rings. The van der Waals surface area contributed by atoms with Crippen LogP contribution in [0.4, 0.5) is 0 Å². The molecule has 0 aliphatic rings. The highest BCUT2D eigenvalue weighted by atomic mass is 35.5. The lowest BCUT2D eigenvalue weighted by Gasteiger charge is -1.95. The number of nitrogens with zero attached hydrogens (tertiary/aromatic N) is 2. The van der Waals surface area contributed by atoms with Crippen molar-refractivity contribution in [3.05, 3.63) is 24.3 Å². The smallest absolute Gasteiger partial charge is 0.115 e. The largest absolute Gasteiger partial charge is 0.330 e. The van der Waals surface area contributed by atoms with Crippen LogP contribution in [0.25, 0.3) is 0 Å². The number of hydrogen-bond donors (Lipinski definition) is 1. The second kappa shape index (κ2) is 6.07. The van der Waals surface area contributed by atoms with Gasteiger partial charge in [-0.2, -0.15) is 0 Å². The first-order valence-electron chi connectivity index (χ1n) is 3.37. The van der Waals surface area contributed by atoms with Crippen LogP contribution in [0, 0.1) is 0 Å². The zero-order valence-corrected chi connectivity index (χ0v) is 7.05. The minimum absolute atomic E-state index is 0. The molecule has 0 amide bonds. The van der Waals surface area contributed by atoms with Gasteiger partial charge in [0.25, 0.3) is 0 Å². The van der Waals surface area contributed by atoms with Crippen molar-refractivity contribution in [2.75, 3.05) is 6.54 Å². The molecule has 11 heavy (non-hydrogen) atoms. The van der Waals surface area contributed by atoms with Crippen LogP contribution in [0.1, 0.15) is 12.0 Å². The van der Waals surface area contributed by atoms with Crippen LogP contribution in [-0.2, 0) is 6.42 Å². The van der Waals surface area contributed by atoms with Gasteiger partial charge in [-0.15, -0.1) is 12.4 Å². The van der Waals surface area contributed by atoms with Crippen LogP contribution in [0.5, 0.6) is 0 Å². The predicted molar refractivity (Wildman–Crippen MR) is 46.7 cm³/mol. The summed E-state index contributed by atoms with van der Waals surface area (Å²) in [5.41, 5.74) is 6.50. The fraction of sp³-hybridized carbons (Fsp3) is 0.429. The molecule has 0 atom stereocenters. The Labute approximate surface area is 72.5 Å². The van der Waals surface area contributed by atoms with Crippen molar-refractivity contribution in [1.82, 2.24) is 9.97 Å². The number of rotatable bonds is 3. The zero-order chi connectivity index (χ0) is 7.23. The first-order chi connectivity index (χ1) is 4.93. The van der Waals surface area contributed by atoms with Crippen LogP contribution >= 0.6 is 12.4 Å². The predicted octanol–water partition coefficient (Wildman–Crippen LogP) is 0.790. The van der Waals surface area contributed by atoms with Crippen LogP contribution in [-0.4, -0.2) is 16.5 Å². The molecule has 0 saturated carbocycles. The van der Waals surface area contributed by atoms with Gasteiger partial charge in [0.05, 0.1) is 0 Å². The average molecular weight is 174 g/mol. The van der Waals surface area contributed by atoms with E-state index in [1.165, 1.54) is 6.33 Å². The number of hydrogen-bond acceptors (Lipinski definition) is 3. The summed E-state index contributed by atoms with van der Waals surface area (Å²) >= 11 is 0. The van der Waals surface area contributed by atoms with E-state index < -0.39 is 0 Å². The van der Waals surface area contributed by atoms with Gasteiger partial charge in [0.1, 0.15) is 6.33 Å².